The van der Waals surface area contributed by atoms with Crippen molar-refractivity contribution in [2.75, 3.05) is 19.6 Å². The van der Waals surface area contributed by atoms with Gasteiger partial charge in [-0.05, 0) is 50.0 Å². The van der Waals surface area contributed by atoms with E-state index in [0.717, 1.165) is 31.6 Å². The third kappa shape index (κ3) is 4.39. The molecule has 0 radical (unpaired) electrons. The second-order valence-corrected chi connectivity index (χ2v) is 9.81. The number of nitrogens with zero attached hydrogens (tertiary/aromatic N) is 2. The van der Waals surface area contributed by atoms with Crippen molar-refractivity contribution in [3.63, 3.8) is 0 Å². The highest BCUT2D eigenvalue weighted by molar-refractivity contribution is 7.92. The Hall–Kier alpha value is -1.57. The van der Waals surface area contributed by atoms with Gasteiger partial charge in [0, 0.05) is 18.1 Å². The highest BCUT2D eigenvalue weighted by Crippen LogP contribution is 2.32. The van der Waals surface area contributed by atoms with Gasteiger partial charge in [0.25, 0.3) is 0 Å². The number of sulfone groups is 1. The van der Waals surface area contributed by atoms with Crippen molar-refractivity contribution in [2.45, 2.75) is 29.8 Å². The van der Waals surface area contributed by atoms with Crippen LogP contribution in [0.15, 0.2) is 48.5 Å². The molecule has 26 heavy (non-hydrogen) atoms. The van der Waals surface area contributed by atoms with E-state index in [9.17, 15) is 12.8 Å². The molecule has 2 aromatic rings. The zero-order valence-corrected chi connectivity index (χ0v) is 16.2. The smallest absolute Gasteiger partial charge is 0.166 e. The first kappa shape index (κ1) is 19.2. The number of hydrogen-bond acceptors (Lipinski definition) is 5. The van der Waals surface area contributed by atoms with E-state index in [-0.39, 0.29) is 11.1 Å². The Morgan fingerprint density at radius 1 is 1.31 bits per heavy atom. The summed E-state index contributed by atoms with van der Waals surface area (Å²) in [6.45, 7) is 6.08. The molecule has 140 valence electrons. The number of benzene rings is 1. The van der Waals surface area contributed by atoms with Crippen LogP contribution in [0.2, 0.25) is 0 Å². The van der Waals surface area contributed by atoms with Crippen LogP contribution in [0.4, 0.5) is 4.39 Å². The molecule has 1 atom stereocenters. The number of thiazole rings is 1. The number of rotatable bonds is 7. The van der Waals surface area contributed by atoms with Gasteiger partial charge in [0.2, 0.25) is 0 Å². The van der Waals surface area contributed by atoms with Crippen LogP contribution in [0, 0.1) is 5.82 Å². The van der Waals surface area contributed by atoms with Crippen molar-refractivity contribution in [3.05, 3.63) is 64.9 Å². The molecule has 7 heteroatoms. The van der Waals surface area contributed by atoms with E-state index >= 15 is 0 Å². The second kappa shape index (κ2) is 8.41. The monoisotopic (exact) mass is 394 g/mol. The fourth-order valence-electron chi connectivity index (χ4n) is 3.36. The second-order valence-electron chi connectivity index (χ2n) is 6.53. The number of piperidine rings is 1. The summed E-state index contributed by atoms with van der Waals surface area (Å²) in [5, 5.41) is 1.33. The number of likely N-dealkylation sites (tertiary alicyclic amines) is 1. The summed E-state index contributed by atoms with van der Waals surface area (Å²) in [5.41, 5.74) is 1.09. The van der Waals surface area contributed by atoms with E-state index < -0.39 is 15.1 Å². The average molecular weight is 395 g/mol. The summed E-state index contributed by atoms with van der Waals surface area (Å²) in [7, 11) is -3.33. The first-order valence-corrected chi connectivity index (χ1v) is 11.2. The van der Waals surface area contributed by atoms with Crippen LogP contribution in [0.3, 0.4) is 0 Å². The van der Waals surface area contributed by atoms with Crippen molar-refractivity contribution in [2.24, 2.45) is 0 Å². The molecule has 1 aliphatic heterocycles. The van der Waals surface area contributed by atoms with Gasteiger partial charge in [0.15, 0.2) is 9.84 Å². The Morgan fingerprint density at radius 3 is 2.58 bits per heavy atom. The number of aromatic nitrogens is 1. The first-order valence-electron chi connectivity index (χ1n) is 8.72. The molecule has 0 aliphatic carbocycles. The van der Waals surface area contributed by atoms with E-state index in [1.807, 2.05) is 0 Å². The average Bonchev–Trinajstić information content (AvgIpc) is 3.16. The summed E-state index contributed by atoms with van der Waals surface area (Å²) < 4.78 is 38.9. The van der Waals surface area contributed by atoms with Gasteiger partial charge in [-0.2, -0.15) is 0 Å². The molecular formula is C19H23FN2O2S2. The molecule has 1 aromatic carbocycles. The van der Waals surface area contributed by atoms with Crippen LogP contribution in [0.1, 0.15) is 28.7 Å². The number of hydrogen-bond donors (Lipinski definition) is 0. The summed E-state index contributed by atoms with van der Waals surface area (Å²) >= 11 is 1.36. The largest absolute Gasteiger partial charge is 0.303 e. The van der Waals surface area contributed by atoms with E-state index in [2.05, 4.69) is 16.5 Å². The molecule has 0 N–H and O–H groups in total. The van der Waals surface area contributed by atoms with Crippen LogP contribution >= 0.6 is 11.3 Å². The molecule has 1 unspecified atom stereocenters. The Bertz CT molecular complexity index is 812. The highest BCUT2D eigenvalue weighted by Gasteiger charge is 2.36. The van der Waals surface area contributed by atoms with Crippen molar-refractivity contribution in [1.29, 1.82) is 0 Å². The molecular weight excluding hydrogens is 371 g/mol. The lowest BCUT2D eigenvalue weighted by Crippen LogP contribution is -2.41. The van der Waals surface area contributed by atoms with Crippen LogP contribution in [0.5, 0.6) is 0 Å². The molecule has 0 bridgehead atoms. The molecule has 3 rings (SSSR count). The van der Waals surface area contributed by atoms with E-state index in [0.29, 0.717) is 17.8 Å². The molecule has 2 heterocycles. The van der Waals surface area contributed by atoms with Crippen LogP contribution in [-0.4, -0.2) is 43.2 Å². The van der Waals surface area contributed by atoms with Gasteiger partial charge >= 0.3 is 0 Å². The minimum atomic E-state index is -3.33. The molecule has 0 saturated carbocycles. The molecule has 1 fully saturated rings. The first-order chi connectivity index (χ1) is 12.5. The lowest BCUT2D eigenvalue weighted by Gasteiger charge is -2.32. The van der Waals surface area contributed by atoms with Crippen LogP contribution in [-0.2, 0) is 16.3 Å². The summed E-state index contributed by atoms with van der Waals surface area (Å²) in [4.78, 5) is 6.44. The molecule has 1 aliphatic rings. The summed E-state index contributed by atoms with van der Waals surface area (Å²) in [6.07, 6.45) is 5.22. The third-order valence-corrected chi connectivity index (χ3v) is 8.42. The predicted octanol–water partition coefficient (Wildman–Crippen LogP) is 3.63. The van der Waals surface area contributed by atoms with Crippen molar-refractivity contribution in [3.8, 4) is 0 Å². The standard InChI is InChI=1S/C19H23FN2O2S2/c1-2-18(19-21-10-14-25-19)26(23,24)17-8-12-22(13-9-17)11-7-15-3-5-16(20)6-4-15/h2-6,10,14,17-18H,1,7-9,11-13H2. The summed E-state index contributed by atoms with van der Waals surface area (Å²) in [6, 6.07) is 6.55. The summed E-state index contributed by atoms with van der Waals surface area (Å²) in [5.74, 6) is -0.225. The topological polar surface area (TPSA) is 50.3 Å². The SMILES string of the molecule is C=CC(c1nccs1)S(=O)(=O)C1CCN(CCc2ccc(F)cc2)CC1. The lowest BCUT2D eigenvalue weighted by molar-refractivity contribution is 0.232. The minimum absolute atomic E-state index is 0.225. The van der Waals surface area contributed by atoms with Gasteiger partial charge in [-0.25, -0.2) is 17.8 Å². The Kier molecular flexibility index (Phi) is 6.21. The zero-order valence-electron chi connectivity index (χ0n) is 14.6. The molecule has 1 saturated heterocycles. The maximum atomic E-state index is 13.0. The third-order valence-electron chi connectivity index (χ3n) is 4.89. The Morgan fingerprint density at radius 2 is 2.00 bits per heavy atom. The normalized spacial score (nSPS) is 17.9. The fourth-order valence-corrected chi connectivity index (χ4v) is 6.43. The van der Waals surface area contributed by atoms with E-state index in [4.69, 9.17) is 0 Å². The Labute approximate surface area is 158 Å². The van der Waals surface area contributed by atoms with Gasteiger partial charge < -0.3 is 4.90 Å². The van der Waals surface area contributed by atoms with Gasteiger partial charge in [0.05, 0.1) is 5.25 Å². The number of halogens is 1. The quantitative estimate of drug-likeness (QED) is 0.673. The Balaban J connectivity index is 1.55. The molecule has 1 aromatic heterocycles. The van der Waals surface area contributed by atoms with Gasteiger partial charge in [-0.3, -0.25) is 0 Å². The van der Waals surface area contributed by atoms with Gasteiger partial charge in [-0.1, -0.05) is 18.2 Å². The highest BCUT2D eigenvalue weighted by atomic mass is 32.2. The van der Waals surface area contributed by atoms with Crippen LogP contribution < -0.4 is 0 Å². The maximum absolute atomic E-state index is 13.0. The van der Waals surface area contributed by atoms with E-state index in [1.165, 1.54) is 29.5 Å². The molecule has 4 nitrogen and oxygen atoms in total. The predicted molar refractivity (Wildman–Crippen MR) is 104 cm³/mol. The zero-order chi connectivity index (χ0) is 18.6. The maximum Gasteiger partial charge on any atom is 0.166 e. The van der Waals surface area contributed by atoms with Crippen molar-refractivity contribution < 1.29 is 12.8 Å². The fraction of sp³-hybridized carbons (Fsp3) is 0.421. The van der Waals surface area contributed by atoms with Gasteiger partial charge in [0.1, 0.15) is 16.1 Å². The lowest BCUT2D eigenvalue weighted by atomic mass is 10.1. The van der Waals surface area contributed by atoms with Gasteiger partial charge in [-0.15, -0.1) is 17.9 Å². The van der Waals surface area contributed by atoms with Crippen molar-refractivity contribution in [1.82, 2.24) is 9.88 Å². The molecule has 0 spiro atoms. The van der Waals surface area contributed by atoms with Crippen molar-refractivity contribution >= 4 is 21.2 Å². The molecule has 0 amide bonds. The van der Waals surface area contributed by atoms with E-state index in [1.54, 1.807) is 23.7 Å². The van der Waals surface area contributed by atoms with Crippen LogP contribution in [0.25, 0.3) is 0 Å². The minimum Gasteiger partial charge on any atom is -0.303 e.